The van der Waals surface area contributed by atoms with Crippen molar-refractivity contribution in [2.24, 2.45) is 9.98 Å². The maximum absolute atomic E-state index is 12.8. The van der Waals surface area contributed by atoms with Gasteiger partial charge in [-0.15, -0.1) is 0 Å². The first-order valence-electron chi connectivity index (χ1n) is 12.9. The molecular weight excluding hydrogens is 478 g/mol. The topological polar surface area (TPSA) is 97.2 Å². The molecule has 0 saturated heterocycles. The fourth-order valence-electron chi connectivity index (χ4n) is 4.92. The van der Waals surface area contributed by atoms with Crippen molar-refractivity contribution in [1.82, 2.24) is 5.32 Å². The van der Waals surface area contributed by atoms with E-state index in [1.807, 2.05) is 48.5 Å². The van der Waals surface area contributed by atoms with Crippen LogP contribution in [0.3, 0.4) is 0 Å². The molecular formula is C31H29N3O4. The van der Waals surface area contributed by atoms with Crippen molar-refractivity contribution >= 4 is 17.6 Å². The lowest BCUT2D eigenvalue weighted by Crippen LogP contribution is -2.33. The van der Waals surface area contributed by atoms with Gasteiger partial charge in [0, 0.05) is 23.7 Å². The molecule has 0 aromatic heterocycles. The number of nitrogens with zero attached hydrogens (tertiary/aromatic N) is 2. The lowest BCUT2D eigenvalue weighted by molar-refractivity contribution is -0.114. The first-order chi connectivity index (χ1) is 18.5. The van der Waals surface area contributed by atoms with Gasteiger partial charge in [0.1, 0.15) is 11.4 Å². The summed E-state index contributed by atoms with van der Waals surface area (Å²) in [6.07, 6.45) is 7.42. The number of fused-ring (bicyclic) bond motifs is 1. The number of hydrogen-bond acceptors (Lipinski definition) is 5. The zero-order chi connectivity index (χ0) is 26.5. The third-order valence-corrected chi connectivity index (χ3v) is 7.05. The zero-order valence-electron chi connectivity index (χ0n) is 21.3. The fraction of sp³-hybridized carbons (Fsp3) is 0.258. The Hall–Kier alpha value is -4.39. The average molecular weight is 508 g/mol. The largest absolute Gasteiger partial charge is 0.497 e. The van der Waals surface area contributed by atoms with Crippen LogP contribution in [0.1, 0.15) is 69.9 Å². The van der Waals surface area contributed by atoms with Gasteiger partial charge in [-0.1, -0.05) is 55.7 Å². The summed E-state index contributed by atoms with van der Waals surface area (Å²) in [6.45, 7) is 0.324. The SMILES string of the molecule is COc1cccc(CNC(=O)c2ccc3c(c2)=NC(=O)/C(=C/C(=O)c2ccc(C4CCCCC4)cc2)N=3)c1. The van der Waals surface area contributed by atoms with Crippen molar-refractivity contribution in [3.05, 3.63) is 111 Å². The molecule has 3 aromatic rings. The van der Waals surface area contributed by atoms with Crippen LogP contribution in [0.25, 0.3) is 0 Å². The molecule has 1 N–H and O–H groups in total. The first kappa shape index (κ1) is 25.3. The lowest BCUT2D eigenvalue weighted by Gasteiger charge is -2.21. The van der Waals surface area contributed by atoms with Crippen LogP contribution >= 0.6 is 0 Å². The standard InChI is InChI=1S/C31H29N3O4/c1-38-25-9-5-6-20(16-25)19-32-30(36)24-14-15-26-27(17-24)34-31(37)28(33-26)18-29(35)23-12-10-22(11-13-23)21-7-3-2-4-8-21/h5-6,9-18,21H,2-4,7-8,19H2,1H3,(H,32,36)/b28-18-. The molecule has 7 heteroatoms. The lowest BCUT2D eigenvalue weighted by atomic mass is 9.84. The molecule has 0 radical (unpaired) electrons. The summed E-state index contributed by atoms with van der Waals surface area (Å²) >= 11 is 0. The Morgan fingerprint density at radius 1 is 0.921 bits per heavy atom. The van der Waals surface area contributed by atoms with Crippen LogP contribution in [0.5, 0.6) is 5.75 Å². The molecule has 1 heterocycles. The summed E-state index contributed by atoms with van der Waals surface area (Å²) in [5.41, 5.74) is 3.01. The van der Waals surface area contributed by atoms with Crippen LogP contribution in [0, 0.1) is 0 Å². The minimum Gasteiger partial charge on any atom is -0.497 e. The molecule has 0 unspecified atom stereocenters. The van der Waals surface area contributed by atoms with Crippen LogP contribution < -0.4 is 20.8 Å². The number of rotatable bonds is 7. The van der Waals surface area contributed by atoms with E-state index in [0.717, 1.165) is 5.56 Å². The maximum atomic E-state index is 12.8. The Morgan fingerprint density at radius 2 is 1.68 bits per heavy atom. The molecule has 1 aliphatic heterocycles. The van der Waals surface area contributed by atoms with Gasteiger partial charge in [-0.2, -0.15) is 0 Å². The number of benzene rings is 3. The fourth-order valence-corrected chi connectivity index (χ4v) is 4.92. The van der Waals surface area contributed by atoms with Gasteiger partial charge in [0.25, 0.3) is 11.8 Å². The molecule has 192 valence electrons. The molecule has 1 fully saturated rings. The van der Waals surface area contributed by atoms with Gasteiger partial charge in [0.2, 0.25) is 0 Å². The summed E-state index contributed by atoms with van der Waals surface area (Å²) in [5, 5.41) is 3.58. The van der Waals surface area contributed by atoms with Gasteiger partial charge in [0.15, 0.2) is 5.78 Å². The Kier molecular flexibility index (Phi) is 7.54. The second-order valence-electron chi connectivity index (χ2n) is 9.62. The number of ketones is 1. The van der Waals surface area contributed by atoms with E-state index in [1.165, 1.54) is 49.8 Å². The molecule has 3 aromatic carbocycles. The Morgan fingerprint density at radius 3 is 2.45 bits per heavy atom. The van der Waals surface area contributed by atoms with E-state index in [-0.39, 0.29) is 17.4 Å². The van der Waals surface area contributed by atoms with Crippen molar-refractivity contribution < 1.29 is 19.1 Å². The molecule has 1 aliphatic carbocycles. The number of hydrogen-bond donors (Lipinski definition) is 1. The van der Waals surface area contributed by atoms with Gasteiger partial charge in [-0.25, -0.2) is 9.98 Å². The summed E-state index contributed by atoms with van der Waals surface area (Å²) in [4.78, 5) is 46.6. The predicted octanol–water partition coefficient (Wildman–Crippen LogP) is 4.22. The number of nitrogens with one attached hydrogen (secondary N) is 1. The number of amides is 2. The molecule has 7 nitrogen and oxygen atoms in total. The van der Waals surface area contributed by atoms with Crippen LogP contribution in [0.15, 0.2) is 88.5 Å². The minimum absolute atomic E-state index is 0.0194. The summed E-state index contributed by atoms with van der Waals surface area (Å²) in [6, 6.07) is 19.9. The number of carbonyl (C=O) groups is 3. The van der Waals surface area contributed by atoms with Crippen molar-refractivity contribution in [1.29, 1.82) is 0 Å². The van der Waals surface area contributed by atoms with Gasteiger partial charge in [-0.3, -0.25) is 14.4 Å². The van der Waals surface area contributed by atoms with Crippen LogP contribution in [0.4, 0.5) is 0 Å². The molecule has 1 saturated carbocycles. The Bertz CT molecular complexity index is 1530. The number of allylic oxidation sites excluding steroid dienone is 1. The maximum Gasteiger partial charge on any atom is 0.296 e. The number of ether oxygens (including phenoxy) is 1. The van der Waals surface area contributed by atoms with Crippen LogP contribution in [-0.4, -0.2) is 24.7 Å². The second kappa shape index (κ2) is 11.3. The van der Waals surface area contributed by atoms with Crippen LogP contribution in [0.2, 0.25) is 0 Å². The number of methoxy groups -OCH3 is 1. The van der Waals surface area contributed by atoms with Crippen molar-refractivity contribution in [3.8, 4) is 5.75 Å². The van der Waals surface area contributed by atoms with Gasteiger partial charge < -0.3 is 10.1 Å². The van der Waals surface area contributed by atoms with E-state index in [2.05, 4.69) is 15.3 Å². The van der Waals surface area contributed by atoms with Crippen molar-refractivity contribution in [2.75, 3.05) is 7.11 Å². The van der Waals surface area contributed by atoms with E-state index < -0.39 is 5.91 Å². The quantitative estimate of drug-likeness (QED) is 0.383. The van der Waals surface area contributed by atoms with Crippen molar-refractivity contribution in [3.63, 3.8) is 0 Å². The molecule has 0 atom stereocenters. The summed E-state index contributed by atoms with van der Waals surface area (Å²) in [7, 11) is 1.59. The van der Waals surface area contributed by atoms with Gasteiger partial charge >= 0.3 is 0 Å². The predicted molar refractivity (Wildman–Crippen MR) is 143 cm³/mol. The van der Waals surface area contributed by atoms with E-state index in [4.69, 9.17) is 4.74 Å². The van der Waals surface area contributed by atoms with E-state index in [9.17, 15) is 14.4 Å². The van der Waals surface area contributed by atoms with E-state index in [0.29, 0.717) is 40.1 Å². The Balaban J connectivity index is 1.29. The van der Waals surface area contributed by atoms with E-state index in [1.54, 1.807) is 19.2 Å². The minimum atomic E-state index is -0.612. The van der Waals surface area contributed by atoms with E-state index >= 15 is 0 Å². The molecule has 38 heavy (non-hydrogen) atoms. The summed E-state index contributed by atoms with van der Waals surface area (Å²) < 4.78 is 5.21. The first-order valence-corrected chi connectivity index (χ1v) is 12.9. The molecule has 0 spiro atoms. The highest BCUT2D eigenvalue weighted by Crippen LogP contribution is 2.32. The Labute approximate surface area is 221 Å². The number of carbonyl (C=O) groups excluding carboxylic acids is 3. The van der Waals surface area contributed by atoms with Crippen molar-refractivity contribution in [2.45, 2.75) is 44.6 Å². The normalized spacial score (nSPS) is 16.2. The summed E-state index contributed by atoms with van der Waals surface area (Å²) in [5.74, 6) is 0.0677. The molecule has 2 aliphatic rings. The monoisotopic (exact) mass is 507 g/mol. The van der Waals surface area contributed by atoms with Crippen LogP contribution in [-0.2, 0) is 11.3 Å². The molecule has 2 amide bonds. The highest BCUT2D eigenvalue weighted by molar-refractivity contribution is 6.09. The highest BCUT2D eigenvalue weighted by atomic mass is 16.5. The second-order valence-corrected chi connectivity index (χ2v) is 9.62. The zero-order valence-corrected chi connectivity index (χ0v) is 21.3. The van der Waals surface area contributed by atoms with Gasteiger partial charge in [-0.05, 0) is 60.2 Å². The smallest absolute Gasteiger partial charge is 0.296 e. The molecule has 5 rings (SSSR count). The average Bonchev–Trinajstić information content (AvgIpc) is 2.96. The third kappa shape index (κ3) is 5.78. The molecule has 0 bridgehead atoms. The third-order valence-electron chi connectivity index (χ3n) is 7.05. The highest BCUT2D eigenvalue weighted by Gasteiger charge is 2.18. The van der Waals surface area contributed by atoms with Gasteiger partial charge in [0.05, 0.1) is 17.8 Å².